The standard InChI is InChI=1S/C13H24N2/c1-8-15-11(13(5,6)7)10(9-14-15)12(2,3)4/h9H,8H2,1-7H3. The summed E-state index contributed by atoms with van der Waals surface area (Å²) in [5.74, 6) is 0. The van der Waals surface area contributed by atoms with Crippen LogP contribution in [0.15, 0.2) is 6.20 Å². The van der Waals surface area contributed by atoms with Crippen molar-refractivity contribution in [3.8, 4) is 0 Å². The maximum atomic E-state index is 4.48. The highest BCUT2D eigenvalue weighted by Gasteiger charge is 2.29. The van der Waals surface area contributed by atoms with Gasteiger partial charge in [0.1, 0.15) is 0 Å². The Kier molecular flexibility index (Phi) is 2.99. The molecule has 1 aromatic rings. The molecule has 0 aromatic carbocycles. The molecule has 1 aromatic heterocycles. The van der Waals surface area contributed by atoms with Crippen LogP contribution in [0.2, 0.25) is 0 Å². The fraction of sp³-hybridized carbons (Fsp3) is 0.769. The molecule has 0 spiro atoms. The summed E-state index contributed by atoms with van der Waals surface area (Å²) in [6.45, 7) is 16.6. The molecule has 0 fully saturated rings. The van der Waals surface area contributed by atoms with Crippen LogP contribution < -0.4 is 0 Å². The highest BCUT2D eigenvalue weighted by atomic mass is 15.3. The zero-order valence-corrected chi connectivity index (χ0v) is 11.2. The Morgan fingerprint density at radius 1 is 1.07 bits per heavy atom. The molecule has 0 radical (unpaired) electrons. The van der Waals surface area contributed by atoms with E-state index in [9.17, 15) is 0 Å². The van der Waals surface area contributed by atoms with Crippen molar-refractivity contribution in [2.24, 2.45) is 0 Å². The summed E-state index contributed by atoms with van der Waals surface area (Å²) in [5, 5.41) is 4.48. The zero-order chi connectivity index (χ0) is 11.9. The van der Waals surface area contributed by atoms with Gasteiger partial charge in [-0.05, 0) is 17.9 Å². The summed E-state index contributed by atoms with van der Waals surface area (Å²) >= 11 is 0. The molecule has 0 amide bonds. The Hall–Kier alpha value is -0.790. The molecule has 0 N–H and O–H groups in total. The summed E-state index contributed by atoms with van der Waals surface area (Å²) < 4.78 is 2.13. The summed E-state index contributed by atoms with van der Waals surface area (Å²) in [6, 6.07) is 0. The molecule has 1 heterocycles. The molecule has 0 aliphatic heterocycles. The van der Waals surface area contributed by atoms with Gasteiger partial charge in [0.25, 0.3) is 0 Å². The van der Waals surface area contributed by atoms with Crippen molar-refractivity contribution < 1.29 is 0 Å². The van der Waals surface area contributed by atoms with E-state index in [1.165, 1.54) is 11.3 Å². The van der Waals surface area contributed by atoms with Gasteiger partial charge in [0.2, 0.25) is 0 Å². The summed E-state index contributed by atoms with van der Waals surface area (Å²) in [6.07, 6.45) is 2.03. The lowest BCUT2D eigenvalue weighted by molar-refractivity contribution is 0.474. The summed E-state index contributed by atoms with van der Waals surface area (Å²) in [7, 11) is 0. The van der Waals surface area contributed by atoms with Crippen LogP contribution in [0, 0.1) is 0 Å². The van der Waals surface area contributed by atoms with Crippen molar-refractivity contribution in [1.82, 2.24) is 9.78 Å². The molecule has 0 saturated heterocycles. The van der Waals surface area contributed by atoms with E-state index in [-0.39, 0.29) is 10.8 Å². The molecule has 1 rings (SSSR count). The first-order valence-corrected chi connectivity index (χ1v) is 5.74. The lowest BCUT2D eigenvalue weighted by atomic mass is 9.79. The highest BCUT2D eigenvalue weighted by molar-refractivity contribution is 5.30. The van der Waals surface area contributed by atoms with Gasteiger partial charge in [-0.1, -0.05) is 41.5 Å². The first-order chi connectivity index (χ1) is 6.68. The monoisotopic (exact) mass is 208 g/mol. The van der Waals surface area contributed by atoms with Crippen LogP contribution in [0.5, 0.6) is 0 Å². The van der Waals surface area contributed by atoms with Crippen molar-refractivity contribution in [2.45, 2.75) is 65.8 Å². The molecule has 0 unspecified atom stereocenters. The summed E-state index contributed by atoms with van der Waals surface area (Å²) in [5.41, 5.74) is 3.08. The van der Waals surface area contributed by atoms with E-state index in [0.29, 0.717) is 0 Å². The lowest BCUT2D eigenvalue weighted by Crippen LogP contribution is -2.24. The van der Waals surface area contributed by atoms with Gasteiger partial charge in [0, 0.05) is 17.7 Å². The molecule has 2 heteroatoms. The largest absolute Gasteiger partial charge is 0.269 e. The van der Waals surface area contributed by atoms with Gasteiger partial charge >= 0.3 is 0 Å². The van der Waals surface area contributed by atoms with Gasteiger partial charge in [0.15, 0.2) is 0 Å². The molecule has 0 aliphatic rings. The average Bonchev–Trinajstić information content (AvgIpc) is 2.44. The van der Waals surface area contributed by atoms with Crippen LogP contribution in [0.25, 0.3) is 0 Å². The van der Waals surface area contributed by atoms with Gasteiger partial charge in [-0.15, -0.1) is 0 Å². The van der Waals surface area contributed by atoms with Crippen LogP contribution in [0.4, 0.5) is 0 Å². The minimum absolute atomic E-state index is 0.162. The molecular formula is C13H24N2. The molecule has 15 heavy (non-hydrogen) atoms. The van der Waals surface area contributed by atoms with E-state index in [1.54, 1.807) is 0 Å². The first kappa shape index (κ1) is 12.3. The van der Waals surface area contributed by atoms with Gasteiger partial charge in [0.05, 0.1) is 6.20 Å². The minimum Gasteiger partial charge on any atom is -0.269 e. The highest BCUT2D eigenvalue weighted by Crippen LogP contribution is 2.33. The molecule has 0 saturated carbocycles. The third kappa shape index (κ3) is 2.42. The fourth-order valence-electron chi connectivity index (χ4n) is 1.97. The maximum Gasteiger partial charge on any atom is 0.0530 e. The molecular weight excluding hydrogens is 184 g/mol. The van der Waals surface area contributed by atoms with Gasteiger partial charge in [-0.3, -0.25) is 4.68 Å². The number of aromatic nitrogens is 2. The molecule has 2 nitrogen and oxygen atoms in total. The number of aryl methyl sites for hydroxylation is 1. The van der Waals surface area contributed by atoms with Crippen LogP contribution in [-0.2, 0) is 17.4 Å². The van der Waals surface area contributed by atoms with Gasteiger partial charge < -0.3 is 0 Å². The number of hydrogen-bond donors (Lipinski definition) is 0. The van der Waals surface area contributed by atoms with Crippen molar-refractivity contribution >= 4 is 0 Å². The molecule has 86 valence electrons. The smallest absolute Gasteiger partial charge is 0.0530 e. The van der Waals surface area contributed by atoms with E-state index in [4.69, 9.17) is 0 Å². The third-order valence-corrected chi connectivity index (χ3v) is 2.66. The van der Waals surface area contributed by atoms with E-state index < -0.39 is 0 Å². The third-order valence-electron chi connectivity index (χ3n) is 2.66. The lowest BCUT2D eigenvalue weighted by Gasteiger charge is -2.27. The topological polar surface area (TPSA) is 17.8 Å². The van der Waals surface area contributed by atoms with E-state index >= 15 is 0 Å². The van der Waals surface area contributed by atoms with Crippen molar-refractivity contribution in [2.75, 3.05) is 0 Å². The number of rotatable bonds is 1. The van der Waals surface area contributed by atoms with Crippen LogP contribution in [0.1, 0.15) is 59.7 Å². The van der Waals surface area contributed by atoms with Crippen LogP contribution >= 0.6 is 0 Å². The normalized spacial score (nSPS) is 13.3. The predicted octanol–water partition coefficient (Wildman–Crippen LogP) is 3.50. The molecule has 0 bridgehead atoms. The fourth-order valence-corrected chi connectivity index (χ4v) is 1.97. The maximum absolute atomic E-state index is 4.48. The zero-order valence-electron chi connectivity index (χ0n) is 11.2. The summed E-state index contributed by atoms with van der Waals surface area (Å²) in [4.78, 5) is 0. The Balaban J connectivity index is 3.37. The second kappa shape index (κ2) is 3.66. The predicted molar refractivity (Wildman–Crippen MR) is 65.3 cm³/mol. The van der Waals surface area contributed by atoms with Gasteiger partial charge in [-0.25, -0.2) is 0 Å². The van der Waals surface area contributed by atoms with Crippen molar-refractivity contribution in [3.63, 3.8) is 0 Å². The van der Waals surface area contributed by atoms with Crippen molar-refractivity contribution in [3.05, 3.63) is 17.5 Å². The Labute approximate surface area is 93.7 Å². The van der Waals surface area contributed by atoms with E-state index in [0.717, 1.165) is 6.54 Å². The quantitative estimate of drug-likeness (QED) is 0.690. The second-order valence-electron chi connectivity index (χ2n) is 6.22. The van der Waals surface area contributed by atoms with Crippen LogP contribution in [0.3, 0.4) is 0 Å². The minimum atomic E-state index is 0.162. The second-order valence-corrected chi connectivity index (χ2v) is 6.22. The van der Waals surface area contributed by atoms with Crippen molar-refractivity contribution in [1.29, 1.82) is 0 Å². The SMILES string of the molecule is CCn1ncc(C(C)(C)C)c1C(C)(C)C. The Bertz CT molecular complexity index is 334. The molecule has 0 aliphatic carbocycles. The van der Waals surface area contributed by atoms with Gasteiger partial charge in [-0.2, -0.15) is 5.10 Å². The van der Waals surface area contributed by atoms with E-state index in [1.807, 2.05) is 6.20 Å². The average molecular weight is 208 g/mol. The Morgan fingerprint density at radius 3 is 1.93 bits per heavy atom. The number of hydrogen-bond acceptors (Lipinski definition) is 1. The van der Waals surface area contributed by atoms with Crippen LogP contribution in [-0.4, -0.2) is 9.78 Å². The first-order valence-electron chi connectivity index (χ1n) is 5.74. The van der Waals surface area contributed by atoms with E-state index in [2.05, 4.69) is 58.2 Å². The molecule has 0 atom stereocenters. The number of nitrogens with zero attached hydrogens (tertiary/aromatic N) is 2. The Morgan fingerprint density at radius 2 is 1.60 bits per heavy atom.